The molecule has 0 aliphatic rings. The summed E-state index contributed by atoms with van der Waals surface area (Å²) in [6.45, 7) is 6.53. The van der Waals surface area contributed by atoms with Crippen molar-refractivity contribution < 1.29 is 4.79 Å². The van der Waals surface area contributed by atoms with E-state index in [1.54, 1.807) is 17.0 Å². The summed E-state index contributed by atoms with van der Waals surface area (Å²) in [6.07, 6.45) is 1.55. The number of benzene rings is 3. The number of amides is 1. The number of aromatic nitrogens is 3. The Morgan fingerprint density at radius 1 is 1.06 bits per heavy atom. The molecule has 2 aromatic heterocycles. The Bertz CT molecular complexity index is 1650. The lowest BCUT2D eigenvalue weighted by atomic mass is 10.0. The first-order chi connectivity index (χ1) is 17.3. The summed E-state index contributed by atoms with van der Waals surface area (Å²) in [4.78, 5) is 31.4. The van der Waals surface area contributed by atoms with Crippen LogP contribution in [0.15, 0.2) is 77.9 Å². The van der Waals surface area contributed by atoms with Crippen molar-refractivity contribution in [3.63, 3.8) is 0 Å². The molecule has 0 aliphatic carbocycles. The fourth-order valence-electron chi connectivity index (χ4n) is 4.50. The molecule has 0 saturated heterocycles. The second-order valence-corrected chi connectivity index (χ2v) is 9.81. The number of nitrogens with zero attached hydrogens (tertiary/aromatic N) is 3. The highest BCUT2D eigenvalue weighted by Gasteiger charge is 2.19. The van der Waals surface area contributed by atoms with Gasteiger partial charge < -0.3 is 9.88 Å². The number of carbonyl (C=O) groups is 1. The van der Waals surface area contributed by atoms with Crippen LogP contribution in [0.2, 0.25) is 5.02 Å². The smallest absolute Gasteiger partial charge is 0.278 e. The molecule has 5 aromatic rings. The molecule has 1 N–H and O–H groups in total. The van der Waals surface area contributed by atoms with E-state index in [0.29, 0.717) is 22.0 Å². The fraction of sp³-hybridized carbons (Fsp3) is 0.207. The lowest BCUT2D eigenvalue weighted by molar-refractivity contribution is -0.116. The van der Waals surface area contributed by atoms with Crippen molar-refractivity contribution in [1.29, 1.82) is 0 Å². The van der Waals surface area contributed by atoms with Crippen LogP contribution < -0.4 is 10.9 Å². The van der Waals surface area contributed by atoms with Crippen LogP contribution >= 0.6 is 11.6 Å². The van der Waals surface area contributed by atoms with Crippen molar-refractivity contribution in [3.05, 3.63) is 105 Å². The molecule has 5 rings (SSSR count). The van der Waals surface area contributed by atoms with Crippen LogP contribution in [-0.4, -0.2) is 20.0 Å². The van der Waals surface area contributed by atoms with Gasteiger partial charge in [0, 0.05) is 16.1 Å². The van der Waals surface area contributed by atoms with Crippen LogP contribution in [0, 0.1) is 6.92 Å². The topological polar surface area (TPSA) is 68.9 Å². The highest BCUT2D eigenvalue weighted by molar-refractivity contribution is 6.31. The molecule has 0 fully saturated rings. The van der Waals surface area contributed by atoms with Crippen molar-refractivity contribution in [2.24, 2.45) is 0 Å². The maximum Gasteiger partial charge on any atom is 0.278 e. The number of hydrogen-bond donors (Lipinski definition) is 1. The van der Waals surface area contributed by atoms with Crippen molar-refractivity contribution >= 4 is 45.1 Å². The number of aryl methyl sites for hydroxylation is 1. The molecule has 0 radical (unpaired) electrons. The summed E-state index contributed by atoms with van der Waals surface area (Å²) in [5.41, 5.74) is 5.36. The minimum Gasteiger partial charge on any atom is -0.325 e. The summed E-state index contributed by atoms with van der Waals surface area (Å²) in [7, 11) is 0. The van der Waals surface area contributed by atoms with Gasteiger partial charge in [-0.15, -0.1) is 0 Å². The summed E-state index contributed by atoms with van der Waals surface area (Å²) >= 11 is 6.34. The van der Waals surface area contributed by atoms with Gasteiger partial charge in [0.2, 0.25) is 5.91 Å². The summed E-state index contributed by atoms with van der Waals surface area (Å²) in [6, 6.07) is 21.2. The van der Waals surface area contributed by atoms with Crippen LogP contribution in [-0.2, 0) is 17.9 Å². The summed E-state index contributed by atoms with van der Waals surface area (Å²) in [5, 5.41) is 4.40. The summed E-state index contributed by atoms with van der Waals surface area (Å²) < 4.78 is 3.30. The van der Waals surface area contributed by atoms with Crippen molar-refractivity contribution in [3.8, 4) is 0 Å². The van der Waals surface area contributed by atoms with E-state index in [4.69, 9.17) is 11.6 Å². The van der Waals surface area contributed by atoms with Gasteiger partial charge in [0.15, 0.2) is 0 Å². The van der Waals surface area contributed by atoms with Crippen LogP contribution in [0.3, 0.4) is 0 Å². The van der Waals surface area contributed by atoms with Crippen LogP contribution in [0.25, 0.3) is 21.9 Å². The van der Waals surface area contributed by atoms with Crippen LogP contribution in [0.1, 0.15) is 36.5 Å². The van der Waals surface area contributed by atoms with Gasteiger partial charge in [-0.2, -0.15) is 0 Å². The Balaban J connectivity index is 1.56. The van der Waals surface area contributed by atoms with E-state index < -0.39 is 0 Å². The number of carbonyl (C=O) groups excluding carboxylic acids is 1. The van der Waals surface area contributed by atoms with Crippen molar-refractivity contribution in [1.82, 2.24) is 14.1 Å². The zero-order valence-electron chi connectivity index (χ0n) is 20.5. The highest BCUT2D eigenvalue weighted by atomic mass is 35.5. The normalized spacial score (nSPS) is 11.5. The van der Waals surface area contributed by atoms with E-state index in [2.05, 4.69) is 24.1 Å². The third-order valence-corrected chi connectivity index (χ3v) is 6.81. The number of nitrogens with one attached hydrogen (secondary N) is 1. The Morgan fingerprint density at radius 2 is 1.81 bits per heavy atom. The third kappa shape index (κ3) is 4.52. The molecule has 6 nitrogen and oxygen atoms in total. The molecular formula is C29H27ClN4O2. The maximum absolute atomic E-state index is 13.7. The van der Waals surface area contributed by atoms with E-state index in [-0.39, 0.29) is 24.6 Å². The average Bonchev–Trinajstić information content (AvgIpc) is 3.15. The van der Waals surface area contributed by atoms with Gasteiger partial charge in [-0.25, -0.2) is 4.98 Å². The molecule has 1 amide bonds. The molecule has 0 bridgehead atoms. The van der Waals surface area contributed by atoms with Crippen molar-refractivity contribution in [2.75, 3.05) is 5.32 Å². The minimum atomic E-state index is -0.220. The van der Waals surface area contributed by atoms with E-state index in [1.807, 2.05) is 67.6 Å². The summed E-state index contributed by atoms with van der Waals surface area (Å²) in [5.74, 6) is 0.198. The van der Waals surface area contributed by atoms with E-state index in [9.17, 15) is 9.59 Å². The average molecular weight is 499 g/mol. The van der Waals surface area contributed by atoms with Crippen LogP contribution in [0.5, 0.6) is 0 Å². The Hall–Kier alpha value is -3.90. The van der Waals surface area contributed by atoms with Crippen molar-refractivity contribution in [2.45, 2.75) is 39.8 Å². The van der Waals surface area contributed by atoms with Gasteiger partial charge >= 0.3 is 0 Å². The lowest BCUT2D eigenvalue weighted by Gasteiger charge is -2.11. The van der Waals surface area contributed by atoms with Gasteiger partial charge in [0.05, 0.1) is 18.4 Å². The molecule has 0 aliphatic heterocycles. The van der Waals surface area contributed by atoms with E-state index in [0.717, 1.165) is 27.7 Å². The first-order valence-corrected chi connectivity index (χ1v) is 12.3. The molecule has 182 valence electrons. The SMILES string of the molecule is Cc1ccc2c(c1)c1ncn(Cc3ccccc3Cl)c(=O)c1n2CC(=O)Nc1ccc(C(C)C)cc1. The number of hydrogen-bond acceptors (Lipinski definition) is 3. The molecule has 0 atom stereocenters. The Labute approximate surface area is 214 Å². The standard InChI is InChI=1S/C29H27ClN4O2/c1-18(2)20-9-11-22(12-10-20)32-26(35)16-34-25-13-8-19(3)14-23(25)27-28(34)29(36)33(17-31-27)15-21-6-4-5-7-24(21)30/h4-14,17-18H,15-16H2,1-3H3,(H,32,35). The molecule has 0 spiro atoms. The largest absolute Gasteiger partial charge is 0.325 e. The molecule has 0 saturated carbocycles. The Kier molecular flexibility index (Phi) is 6.37. The number of anilines is 1. The highest BCUT2D eigenvalue weighted by Crippen LogP contribution is 2.27. The lowest BCUT2D eigenvalue weighted by Crippen LogP contribution is -2.25. The fourth-order valence-corrected chi connectivity index (χ4v) is 4.69. The number of halogens is 1. The Morgan fingerprint density at radius 3 is 2.53 bits per heavy atom. The predicted octanol–water partition coefficient (Wildman–Crippen LogP) is 6.12. The second-order valence-electron chi connectivity index (χ2n) is 9.40. The molecule has 3 aromatic carbocycles. The zero-order chi connectivity index (χ0) is 25.4. The zero-order valence-corrected chi connectivity index (χ0v) is 21.2. The van der Waals surface area contributed by atoms with Gasteiger partial charge in [-0.3, -0.25) is 14.2 Å². The molecule has 0 unspecified atom stereocenters. The number of rotatable bonds is 6. The second kappa shape index (κ2) is 9.63. The quantitative estimate of drug-likeness (QED) is 0.306. The molecular weight excluding hydrogens is 472 g/mol. The first-order valence-electron chi connectivity index (χ1n) is 11.9. The van der Waals surface area contributed by atoms with E-state index in [1.165, 1.54) is 10.1 Å². The monoisotopic (exact) mass is 498 g/mol. The molecule has 36 heavy (non-hydrogen) atoms. The molecule has 2 heterocycles. The number of fused-ring (bicyclic) bond motifs is 3. The molecule has 7 heteroatoms. The van der Waals surface area contributed by atoms with Crippen LogP contribution in [0.4, 0.5) is 5.69 Å². The van der Waals surface area contributed by atoms with E-state index >= 15 is 0 Å². The van der Waals surface area contributed by atoms with Gasteiger partial charge in [-0.05, 0) is 54.3 Å². The third-order valence-electron chi connectivity index (χ3n) is 6.44. The maximum atomic E-state index is 13.7. The minimum absolute atomic E-state index is 0.0119. The predicted molar refractivity (Wildman–Crippen MR) is 146 cm³/mol. The first kappa shape index (κ1) is 23.8. The van der Waals surface area contributed by atoms with Gasteiger partial charge in [0.1, 0.15) is 17.6 Å². The van der Waals surface area contributed by atoms with Gasteiger partial charge in [-0.1, -0.05) is 67.4 Å². The van der Waals surface area contributed by atoms with Gasteiger partial charge in [0.25, 0.3) is 5.56 Å².